The second kappa shape index (κ2) is 6.61. The predicted molar refractivity (Wildman–Crippen MR) is 84.0 cm³/mol. The van der Waals surface area contributed by atoms with Gasteiger partial charge in [-0.2, -0.15) is 0 Å². The average molecular weight is 279 g/mol. The van der Waals surface area contributed by atoms with E-state index in [0.29, 0.717) is 13.2 Å². The molecule has 0 saturated carbocycles. The molecule has 0 radical (unpaired) electrons. The van der Waals surface area contributed by atoms with Crippen LogP contribution in [0.25, 0.3) is 5.69 Å². The minimum atomic E-state index is 0.589. The van der Waals surface area contributed by atoms with Crippen LogP contribution in [0.4, 0.5) is 5.95 Å². The lowest BCUT2D eigenvalue weighted by molar-refractivity contribution is 0.332. The third kappa shape index (κ3) is 3.42. The van der Waals surface area contributed by atoms with Gasteiger partial charge in [-0.3, -0.25) is 4.57 Å². The van der Waals surface area contributed by atoms with Crippen LogP contribution in [0.5, 0.6) is 5.75 Å². The maximum atomic E-state index is 5.65. The number of anilines is 1. The van der Waals surface area contributed by atoms with E-state index < -0.39 is 0 Å². The molecule has 1 N–H and O–H groups in total. The van der Waals surface area contributed by atoms with Gasteiger partial charge in [0.2, 0.25) is 5.95 Å². The van der Waals surface area contributed by atoms with Gasteiger partial charge in [-0.05, 0) is 24.3 Å². The SMILES string of the molecule is c1ccc(OCCNc2nccn2-c2ccccc2)cc1. The Hall–Kier alpha value is -2.75. The van der Waals surface area contributed by atoms with E-state index in [-0.39, 0.29) is 0 Å². The number of rotatable bonds is 6. The number of imidazole rings is 1. The lowest BCUT2D eigenvalue weighted by Crippen LogP contribution is -2.14. The van der Waals surface area contributed by atoms with E-state index in [2.05, 4.69) is 10.3 Å². The van der Waals surface area contributed by atoms with Gasteiger partial charge in [0.15, 0.2) is 0 Å². The fourth-order valence-electron chi connectivity index (χ4n) is 2.08. The van der Waals surface area contributed by atoms with Crippen LogP contribution < -0.4 is 10.1 Å². The first-order chi connectivity index (χ1) is 10.4. The quantitative estimate of drug-likeness (QED) is 0.703. The summed E-state index contributed by atoms with van der Waals surface area (Å²) in [6.07, 6.45) is 3.73. The first-order valence-corrected chi connectivity index (χ1v) is 6.94. The molecule has 0 aliphatic carbocycles. The largest absolute Gasteiger partial charge is 0.492 e. The van der Waals surface area contributed by atoms with Crippen LogP contribution in [-0.2, 0) is 0 Å². The van der Waals surface area contributed by atoms with E-state index in [0.717, 1.165) is 17.4 Å². The van der Waals surface area contributed by atoms with Crippen molar-refractivity contribution in [2.45, 2.75) is 0 Å². The van der Waals surface area contributed by atoms with Crippen LogP contribution in [0.15, 0.2) is 73.1 Å². The highest BCUT2D eigenvalue weighted by atomic mass is 16.5. The van der Waals surface area contributed by atoms with E-state index >= 15 is 0 Å². The van der Waals surface area contributed by atoms with E-state index in [9.17, 15) is 0 Å². The van der Waals surface area contributed by atoms with Gasteiger partial charge in [0.25, 0.3) is 0 Å². The first kappa shape index (κ1) is 13.2. The monoisotopic (exact) mass is 279 g/mol. The molecule has 21 heavy (non-hydrogen) atoms. The molecule has 0 saturated heterocycles. The molecule has 106 valence electrons. The summed E-state index contributed by atoms with van der Waals surface area (Å²) in [6, 6.07) is 19.9. The molecular weight excluding hydrogens is 262 g/mol. The minimum Gasteiger partial charge on any atom is -0.492 e. The zero-order valence-corrected chi connectivity index (χ0v) is 11.6. The number of hydrogen-bond acceptors (Lipinski definition) is 3. The Labute approximate surface area is 124 Å². The molecule has 1 aromatic heterocycles. The fraction of sp³-hybridized carbons (Fsp3) is 0.118. The Kier molecular flexibility index (Phi) is 4.17. The van der Waals surface area contributed by atoms with Crippen LogP contribution in [0.1, 0.15) is 0 Å². The molecule has 2 aromatic carbocycles. The third-order valence-electron chi connectivity index (χ3n) is 3.07. The summed E-state index contributed by atoms with van der Waals surface area (Å²) in [5, 5.41) is 3.29. The van der Waals surface area contributed by atoms with Crippen LogP contribution in [0.3, 0.4) is 0 Å². The van der Waals surface area contributed by atoms with Crippen molar-refractivity contribution in [1.29, 1.82) is 0 Å². The summed E-state index contributed by atoms with van der Waals surface area (Å²) in [6.45, 7) is 1.28. The van der Waals surface area contributed by atoms with Gasteiger partial charge in [0.05, 0.1) is 6.54 Å². The zero-order chi connectivity index (χ0) is 14.3. The number of para-hydroxylation sites is 2. The summed E-state index contributed by atoms with van der Waals surface area (Å²) in [7, 11) is 0. The minimum absolute atomic E-state index is 0.589. The van der Waals surface area contributed by atoms with E-state index in [1.54, 1.807) is 6.20 Å². The van der Waals surface area contributed by atoms with Crippen LogP contribution in [0, 0.1) is 0 Å². The summed E-state index contributed by atoms with van der Waals surface area (Å²) >= 11 is 0. The van der Waals surface area contributed by atoms with Crippen LogP contribution in [-0.4, -0.2) is 22.7 Å². The molecule has 0 atom stereocenters. The highest BCUT2D eigenvalue weighted by molar-refractivity contribution is 5.41. The summed E-state index contributed by atoms with van der Waals surface area (Å²) < 4.78 is 7.67. The Bertz CT molecular complexity index is 665. The first-order valence-electron chi connectivity index (χ1n) is 6.94. The highest BCUT2D eigenvalue weighted by Gasteiger charge is 2.03. The maximum absolute atomic E-state index is 5.65. The second-order valence-electron chi connectivity index (χ2n) is 4.54. The Morgan fingerprint density at radius 2 is 1.67 bits per heavy atom. The molecule has 0 spiro atoms. The average Bonchev–Trinajstić information content (AvgIpc) is 3.02. The molecule has 0 aliphatic heterocycles. The lowest BCUT2D eigenvalue weighted by Gasteiger charge is -2.10. The van der Waals surface area contributed by atoms with Crippen LogP contribution >= 0.6 is 0 Å². The molecular formula is C17H17N3O. The molecule has 0 bridgehead atoms. The van der Waals surface area contributed by atoms with E-state index in [1.807, 2.05) is 71.4 Å². The molecule has 4 nitrogen and oxygen atoms in total. The Morgan fingerprint density at radius 1 is 0.952 bits per heavy atom. The van der Waals surface area contributed by atoms with E-state index in [1.165, 1.54) is 0 Å². The Balaban J connectivity index is 1.56. The van der Waals surface area contributed by atoms with Gasteiger partial charge in [-0.25, -0.2) is 4.98 Å². The molecule has 3 rings (SSSR count). The number of nitrogens with one attached hydrogen (secondary N) is 1. The third-order valence-corrected chi connectivity index (χ3v) is 3.07. The summed E-state index contributed by atoms with van der Waals surface area (Å²) in [4.78, 5) is 4.33. The second-order valence-corrected chi connectivity index (χ2v) is 4.54. The topological polar surface area (TPSA) is 39.1 Å². The van der Waals surface area contributed by atoms with Crippen molar-refractivity contribution in [3.8, 4) is 11.4 Å². The summed E-state index contributed by atoms with van der Waals surface area (Å²) in [5.74, 6) is 1.70. The van der Waals surface area contributed by atoms with Crippen molar-refractivity contribution < 1.29 is 4.74 Å². The van der Waals surface area contributed by atoms with Gasteiger partial charge in [0, 0.05) is 18.1 Å². The Morgan fingerprint density at radius 3 is 2.43 bits per heavy atom. The molecule has 0 fully saturated rings. The number of nitrogens with zero attached hydrogens (tertiary/aromatic N) is 2. The van der Waals surface area contributed by atoms with Crippen molar-refractivity contribution >= 4 is 5.95 Å². The van der Waals surface area contributed by atoms with Gasteiger partial charge in [-0.15, -0.1) is 0 Å². The van der Waals surface area contributed by atoms with Crippen molar-refractivity contribution in [3.05, 3.63) is 73.1 Å². The van der Waals surface area contributed by atoms with Crippen molar-refractivity contribution in [1.82, 2.24) is 9.55 Å². The van der Waals surface area contributed by atoms with Crippen molar-refractivity contribution in [2.24, 2.45) is 0 Å². The van der Waals surface area contributed by atoms with Crippen molar-refractivity contribution in [3.63, 3.8) is 0 Å². The molecule has 0 amide bonds. The van der Waals surface area contributed by atoms with Gasteiger partial charge in [-0.1, -0.05) is 36.4 Å². The molecule has 0 unspecified atom stereocenters. The zero-order valence-electron chi connectivity index (χ0n) is 11.6. The lowest BCUT2D eigenvalue weighted by atomic mass is 10.3. The predicted octanol–water partition coefficient (Wildman–Crippen LogP) is 3.36. The number of aromatic nitrogens is 2. The number of benzene rings is 2. The molecule has 0 aliphatic rings. The van der Waals surface area contributed by atoms with Crippen LogP contribution in [0.2, 0.25) is 0 Å². The number of hydrogen-bond donors (Lipinski definition) is 1. The van der Waals surface area contributed by atoms with E-state index in [4.69, 9.17) is 4.74 Å². The number of ether oxygens (including phenoxy) is 1. The maximum Gasteiger partial charge on any atom is 0.207 e. The molecule has 3 aromatic rings. The molecule has 1 heterocycles. The smallest absolute Gasteiger partial charge is 0.207 e. The highest BCUT2D eigenvalue weighted by Crippen LogP contribution is 2.13. The molecule has 4 heteroatoms. The summed E-state index contributed by atoms with van der Waals surface area (Å²) in [5.41, 5.74) is 1.08. The van der Waals surface area contributed by atoms with Crippen molar-refractivity contribution in [2.75, 3.05) is 18.5 Å². The van der Waals surface area contributed by atoms with Gasteiger partial charge >= 0.3 is 0 Å². The normalized spacial score (nSPS) is 10.3. The fourth-order valence-corrected chi connectivity index (χ4v) is 2.08. The van der Waals surface area contributed by atoms with Gasteiger partial charge < -0.3 is 10.1 Å². The van der Waals surface area contributed by atoms with Gasteiger partial charge in [0.1, 0.15) is 12.4 Å². The standard InChI is InChI=1S/C17H17N3O/c1-3-7-15(8-4-1)20-13-11-18-17(20)19-12-14-21-16-9-5-2-6-10-16/h1-11,13H,12,14H2,(H,18,19).